The Bertz CT molecular complexity index is 264. The van der Waals surface area contributed by atoms with E-state index in [9.17, 15) is 0 Å². The van der Waals surface area contributed by atoms with Gasteiger partial charge in [0.25, 0.3) is 0 Å². The summed E-state index contributed by atoms with van der Waals surface area (Å²) in [5.74, 6) is 0. The fourth-order valence-electron chi connectivity index (χ4n) is 1.65. The summed E-state index contributed by atoms with van der Waals surface area (Å²) >= 11 is 0. The van der Waals surface area contributed by atoms with Gasteiger partial charge >= 0.3 is 0 Å². The molecule has 0 aromatic carbocycles. The second-order valence-corrected chi connectivity index (χ2v) is 3.25. The van der Waals surface area contributed by atoms with Crippen LogP contribution in [0.15, 0.2) is 6.33 Å². The summed E-state index contributed by atoms with van der Waals surface area (Å²) in [7, 11) is 2.03. The van der Waals surface area contributed by atoms with Crippen LogP contribution >= 0.6 is 0 Å². The van der Waals surface area contributed by atoms with Crippen LogP contribution in [0.2, 0.25) is 0 Å². The molecule has 11 heavy (non-hydrogen) atoms. The molecule has 0 spiro atoms. The maximum atomic E-state index is 5.84. The minimum Gasteiger partial charge on any atom is -0.337 e. The van der Waals surface area contributed by atoms with Gasteiger partial charge in [-0.1, -0.05) is 0 Å². The smallest absolute Gasteiger partial charge is 0.0949 e. The van der Waals surface area contributed by atoms with Crippen LogP contribution in [0.4, 0.5) is 0 Å². The molecule has 3 nitrogen and oxygen atoms in total. The first-order valence-electron chi connectivity index (χ1n) is 4.02. The third kappa shape index (κ3) is 1.05. The first-order chi connectivity index (χ1) is 5.27. The van der Waals surface area contributed by atoms with Crippen LogP contribution in [0.3, 0.4) is 0 Å². The van der Waals surface area contributed by atoms with Crippen molar-refractivity contribution in [1.82, 2.24) is 9.55 Å². The SMILES string of the molecule is Cn1cnc2c1CC(N)CC2. The number of aromatic nitrogens is 2. The van der Waals surface area contributed by atoms with Crippen LogP contribution in [0.25, 0.3) is 0 Å². The number of imidazole rings is 1. The van der Waals surface area contributed by atoms with Crippen molar-refractivity contribution in [2.75, 3.05) is 0 Å². The van der Waals surface area contributed by atoms with E-state index in [1.807, 2.05) is 13.4 Å². The van der Waals surface area contributed by atoms with Gasteiger partial charge in [-0.25, -0.2) is 4.98 Å². The van der Waals surface area contributed by atoms with Crippen LogP contribution in [-0.4, -0.2) is 15.6 Å². The molecule has 0 bridgehead atoms. The Hall–Kier alpha value is -0.830. The molecule has 1 aliphatic rings. The highest BCUT2D eigenvalue weighted by atomic mass is 15.0. The van der Waals surface area contributed by atoms with Crippen molar-refractivity contribution in [2.45, 2.75) is 25.3 Å². The highest BCUT2D eigenvalue weighted by Gasteiger charge is 2.18. The van der Waals surface area contributed by atoms with Crippen molar-refractivity contribution in [1.29, 1.82) is 0 Å². The Morgan fingerprint density at radius 2 is 2.55 bits per heavy atom. The molecular formula is C8H13N3. The van der Waals surface area contributed by atoms with Crippen LogP contribution in [0.5, 0.6) is 0 Å². The van der Waals surface area contributed by atoms with E-state index >= 15 is 0 Å². The molecule has 1 heterocycles. The zero-order valence-electron chi connectivity index (χ0n) is 6.75. The van der Waals surface area contributed by atoms with Gasteiger partial charge in [0.1, 0.15) is 0 Å². The second kappa shape index (κ2) is 2.34. The van der Waals surface area contributed by atoms with Crippen LogP contribution < -0.4 is 5.73 Å². The zero-order chi connectivity index (χ0) is 7.84. The molecule has 1 unspecified atom stereocenters. The molecule has 0 amide bonds. The molecule has 1 atom stereocenters. The average molecular weight is 151 g/mol. The molecule has 2 rings (SSSR count). The summed E-state index contributed by atoms with van der Waals surface area (Å²) in [6.45, 7) is 0. The van der Waals surface area contributed by atoms with Gasteiger partial charge in [0.05, 0.1) is 12.0 Å². The van der Waals surface area contributed by atoms with Gasteiger partial charge in [-0.2, -0.15) is 0 Å². The van der Waals surface area contributed by atoms with E-state index in [2.05, 4.69) is 9.55 Å². The van der Waals surface area contributed by atoms with Crippen LogP contribution in [0, 0.1) is 0 Å². The summed E-state index contributed by atoms with van der Waals surface area (Å²) in [6, 6.07) is 0.345. The maximum absolute atomic E-state index is 5.84. The van der Waals surface area contributed by atoms with Gasteiger partial charge in [0.2, 0.25) is 0 Å². The standard InChI is InChI=1S/C8H13N3/c1-11-5-10-7-3-2-6(9)4-8(7)11/h5-6H,2-4,9H2,1H3. The molecule has 0 fully saturated rings. The lowest BCUT2D eigenvalue weighted by Gasteiger charge is -2.17. The van der Waals surface area contributed by atoms with E-state index in [1.165, 1.54) is 11.4 Å². The number of nitrogens with two attached hydrogens (primary N) is 1. The number of nitrogens with zero attached hydrogens (tertiary/aromatic N) is 2. The molecule has 0 aliphatic heterocycles. The Labute approximate surface area is 66.2 Å². The van der Waals surface area contributed by atoms with Crippen molar-refractivity contribution in [3.63, 3.8) is 0 Å². The fraction of sp³-hybridized carbons (Fsp3) is 0.625. The van der Waals surface area contributed by atoms with E-state index < -0.39 is 0 Å². The quantitative estimate of drug-likeness (QED) is 0.577. The second-order valence-electron chi connectivity index (χ2n) is 3.25. The molecule has 0 saturated heterocycles. The van der Waals surface area contributed by atoms with E-state index in [0.717, 1.165) is 19.3 Å². The summed E-state index contributed by atoms with van der Waals surface area (Å²) < 4.78 is 2.08. The van der Waals surface area contributed by atoms with Crippen molar-refractivity contribution in [3.8, 4) is 0 Å². The Morgan fingerprint density at radius 1 is 1.73 bits per heavy atom. The van der Waals surface area contributed by atoms with Gasteiger partial charge in [-0.05, 0) is 12.8 Å². The zero-order valence-corrected chi connectivity index (χ0v) is 6.75. The minimum absolute atomic E-state index is 0.345. The number of aryl methyl sites for hydroxylation is 2. The molecule has 3 heteroatoms. The van der Waals surface area contributed by atoms with Gasteiger partial charge in [0.15, 0.2) is 0 Å². The van der Waals surface area contributed by atoms with E-state index in [1.54, 1.807) is 0 Å². The molecule has 0 saturated carbocycles. The van der Waals surface area contributed by atoms with Crippen molar-refractivity contribution < 1.29 is 0 Å². The monoisotopic (exact) mass is 151 g/mol. The maximum Gasteiger partial charge on any atom is 0.0949 e. The summed E-state index contributed by atoms with van der Waals surface area (Å²) in [5, 5.41) is 0. The van der Waals surface area contributed by atoms with E-state index in [4.69, 9.17) is 5.73 Å². The van der Waals surface area contributed by atoms with Gasteiger partial charge < -0.3 is 10.3 Å². The number of rotatable bonds is 0. The van der Waals surface area contributed by atoms with E-state index in [-0.39, 0.29) is 0 Å². The van der Waals surface area contributed by atoms with E-state index in [0.29, 0.717) is 6.04 Å². The van der Waals surface area contributed by atoms with Crippen LogP contribution in [0.1, 0.15) is 17.8 Å². The summed E-state index contributed by atoms with van der Waals surface area (Å²) in [4.78, 5) is 4.30. The molecule has 1 aliphatic carbocycles. The lowest BCUT2D eigenvalue weighted by molar-refractivity contribution is 0.552. The Balaban J connectivity index is 2.37. The summed E-state index contributed by atoms with van der Waals surface area (Å²) in [6.07, 6.45) is 5.01. The molecule has 60 valence electrons. The topological polar surface area (TPSA) is 43.8 Å². The molecule has 1 aromatic heterocycles. The number of fused-ring (bicyclic) bond motifs is 1. The Morgan fingerprint density at radius 3 is 3.36 bits per heavy atom. The molecule has 1 aromatic rings. The molecule has 0 radical (unpaired) electrons. The predicted molar refractivity (Wildman–Crippen MR) is 43.2 cm³/mol. The largest absolute Gasteiger partial charge is 0.337 e. The highest BCUT2D eigenvalue weighted by molar-refractivity contribution is 5.17. The first-order valence-corrected chi connectivity index (χ1v) is 4.02. The van der Waals surface area contributed by atoms with Crippen molar-refractivity contribution >= 4 is 0 Å². The molecular weight excluding hydrogens is 138 g/mol. The normalized spacial score (nSPS) is 23.3. The Kier molecular flexibility index (Phi) is 1.46. The fourth-order valence-corrected chi connectivity index (χ4v) is 1.65. The van der Waals surface area contributed by atoms with Crippen molar-refractivity contribution in [2.24, 2.45) is 12.8 Å². The number of hydrogen-bond donors (Lipinski definition) is 1. The highest BCUT2D eigenvalue weighted by Crippen LogP contribution is 2.17. The average Bonchev–Trinajstić information content (AvgIpc) is 2.33. The minimum atomic E-state index is 0.345. The van der Waals surface area contributed by atoms with Gasteiger partial charge in [-0.15, -0.1) is 0 Å². The molecule has 2 N–H and O–H groups in total. The number of hydrogen-bond acceptors (Lipinski definition) is 2. The third-order valence-corrected chi connectivity index (χ3v) is 2.35. The predicted octanol–water partition coefficient (Wildman–Crippen LogP) is 0.236. The first kappa shape index (κ1) is 6.85. The lowest BCUT2D eigenvalue weighted by Crippen LogP contribution is -2.28. The summed E-state index contributed by atoms with van der Waals surface area (Å²) in [5.41, 5.74) is 8.40. The van der Waals surface area contributed by atoms with Crippen LogP contribution in [-0.2, 0) is 19.9 Å². The van der Waals surface area contributed by atoms with Crippen molar-refractivity contribution in [3.05, 3.63) is 17.7 Å². The van der Waals surface area contributed by atoms with Gasteiger partial charge in [-0.3, -0.25) is 0 Å². The lowest BCUT2D eigenvalue weighted by atomic mass is 9.97. The third-order valence-electron chi connectivity index (χ3n) is 2.35. The van der Waals surface area contributed by atoms with Gasteiger partial charge in [0, 0.05) is 25.2 Å².